The number of carbonyl (C=O) groups is 2. The predicted molar refractivity (Wildman–Crippen MR) is 288 cm³/mol. The Labute approximate surface area is 409 Å². The molecular formula is C61H104O5. The molecule has 0 saturated heterocycles. The number of hydrogen-bond donors (Lipinski definition) is 0. The molecule has 0 rings (SSSR count). The molecule has 1 atom stereocenters. The molecule has 0 aliphatic carbocycles. The van der Waals surface area contributed by atoms with Crippen LogP contribution >= 0.6 is 0 Å². The fraction of sp³-hybridized carbons (Fsp3) is 0.705. The van der Waals surface area contributed by atoms with Gasteiger partial charge in [-0.3, -0.25) is 9.59 Å². The lowest BCUT2D eigenvalue weighted by Gasteiger charge is -2.18. The lowest BCUT2D eigenvalue weighted by atomic mass is 10.1. The standard InChI is InChI=1S/C61H104O5/c1-4-7-10-13-16-19-22-25-27-29-31-32-34-37-39-42-45-48-51-54-60(62)65-58-59(66-61(63)55-52-49-46-43-40-36-24-21-18-15-12-9-6-3)57-64-56-53-50-47-44-41-38-35-33-30-28-26-23-20-17-14-11-8-5-2/h9,12,16-21,25-28,36,40,46,49,59H,4-8,10-11,13-15,22-24,29-35,37-39,41-45,47-48,50-58H2,1-3H3/b12-9-,19-16-,20-17-,21-18-,27-25-,28-26-,40-36-,49-46-. The molecule has 0 fully saturated rings. The van der Waals surface area contributed by atoms with Gasteiger partial charge in [0.1, 0.15) is 6.61 Å². The third-order valence-corrected chi connectivity index (χ3v) is 11.6. The molecule has 378 valence electrons. The lowest BCUT2D eigenvalue weighted by molar-refractivity contribution is -0.162. The molecule has 0 amide bonds. The van der Waals surface area contributed by atoms with Crippen LogP contribution in [0.5, 0.6) is 0 Å². The zero-order valence-electron chi connectivity index (χ0n) is 43.4. The van der Waals surface area contributed by atoms with Gasteiger partial charge in [-0.25, -0.2) is 0 Å². The summed E-state index contributed by atoms with van der Waals surface area (Å²) in [6, 6.07) is 0. The van der Waals surface area contributed by atoms with Crippen LogP contribution < -0.4 is 0 Å². The maximum atomic E-state index is 12.8. The Morgan fingerprint density at radius 2 is 0.712 bits per heavy atom. The Morgan fingerprint density at radius 1 is 0.348 bits per heavy atom. The summed E-state index contributed by atoms with van der Waals surface area (Å²) in [6.45, 7) is 7.58. The molecule has 0 bridgehead atoms. The molecule has 1 unspecified atom stereocenters. The fourth-order valence-electron chi connectivity index (χ4n) is 7.47. The monoisotopic (exact) mass is 917 g/mol. The Hall–Kier alpha value is -3.18. The molecule has 5 nitrogen and oxygen atoms in total. The first-order valence-electron chi connectivity index (χ1n) is 27.8. The van der Waals surface area contributed by atoms with Crippen LogP contribution in [-0.4, -0.2) is 37.9 Å². The number of carbonyl (C=O) groups excluding carboxylic acids is 2. The molecule has 0 aliphatic heterocycles. The number of rotatable bonds is 50. The van der Waals surface area contributed by atoms with Crippen molar-refractivity contribution < 1.29 is 23.8 Å². The van der Waals surface area contributed by atoms with Gasteiger partial charge in [-0.1, -0.05) is 227 Å². The molecule has 0 aromatic rings. The summed E-state index contributed by atoms with van der Waals surface area (Å²) in [6.07, 6.45) is 75.8. The van der Waals surface area contributed by atoms with Crippen LogP contribution in [0.1, 0.15) is 252 Å². The van der Waals surface area contributed by atoms with E-state index >= 15 is 0 Å². The smallest absolute Gasteiger partial charge is 0.306 e. The van der Waals surface area contributed by atoms with Crippen LogP contribution in [0, 0.1) is 0 Å². The van der Waals surface area contributed by atoms with Crippen molar-refractivity contribution in [3.63, 3.8) is 0 Å². The minimum atomic E-state index is -0.584. The minimum Gasteiger partial charge on any atom is -0.462 e. The highest BCUT2D eigenvalue weighted by Gasteiger charge is 2.17. The van der Waals surface area contributed by atoms with Crippen molar-refractivity contribution in [2.75, 3.05) is 19.8 Å². The van der Waals surface area contributed by atoms with E-state index < -0.39 is 6.10 Å². The van der Waals surface area contributed by atoms with E-state index in [1.165, 1.54) is 141 Å². The van der Waals surface area contributed by atoms with Crippen molar-refractivity contribution in [3.8, 4) is 0 Å². The molecule has 0 aromatic heterocycles. The molecule has 0 saturated carbocycles. The molecule has 0 heterocycles. The molecule has 0 aromatic carbocycles. The molecule has 66 heavy (non-hydrogen) atoms. The maximum Gasteiger partial charge on any atom is 0.306 e. The average Bonchev–Trinajstić information content (AvgIpc) is 3.32. The first-order chi connectivity index (χ1) is 32.6. The summed E-state index contributed by atoms with van der Waals surface area (Å²) in [5.41, 5.74) is 0. The molecule has 5 heteroatoms. The Kier molecular flexibility index (Phi) is 53.4. The van der Waals surface area contributed by atoms with Crippen molar-refractivity contribution in [2.45, 2.75) is 258 Å². The Bertz CT molecular complexity index is 1270. The number of ether oxygens (including phenoxy) is 3. The summed E-state index contributed by atoms with van der Waals surface area (Å²) in [4.78, 5) is 25.4. The zero-order chi connectivity index (χ0) is 47.7. The van der Waals surface area contributed by atoms with Gasteiger partial charge in [0.15, 0.2) is 6.10 Å². The second-order valence-corrected chi connectivity index (χ2v) is 18.1. The third-order valence-electron chi connectivity index (χ3n) is 11.6. The first kappa shape index (κ1) is 62.8. The Morgan fingerprint density at radius 3 is 1.15 bits per heavy atom. The van der Waals surface area contributed by atoms with E-state index in [-0.39, 0.29) is 25.2 Å². The maximum absolute atomic E-state index is 12.8. The van der Waals surface area contributed by atoms with Gasteiger partial charge in [0.2, 0.25) is 0 Å². The number of unbranched alkanes of at least 4 members (excludes halogenated alkanes) is 23. The molecular weight excluding hydrogens is 813 g/mol. The summed E-state index contributed by atoms with van der Waals surface area (Å²) < 4.78 is 17.4. The Balaban J connectivity index is 4.33. The van der Waals surface area contributed by atoms with Crippen LogP contribution in [0.4, 0.5) is 0 Å². The normalized spacial score (nSPS) is 13.0. The molecule has 0 radical (unpaired) electrons. The van der Waals surface area contributed by atoms with Gasteiger partial charge in [-0.05, 0) is 109 Å². The van der Waals surface area contributed by atoms with E-state index in [4.69, 9.17) is 14.2 Å². The fourth-order valence-corrected chi connectivity index (χ4v) is 7.47. The van der Waals surface area contributed by atoms with Crippen molar-refractivity contribution in [3.05, 3.63) is 97.2 Å². The topological polar surface area (TPSA) is 61.8 Å². The summed E-state index contributed by atoms with van der Waals surface area (Å²) in [5, 5.41) is 0. The van der Waals surface area contributed by atoms with E-state index in [9.17, 15) is 9.59 Å². The van der Waals surface area contributed by atoms with E-state index in [0.29, 0.717) is 25.9 Å². The van der Waals surface area contributed by atoms with Crippen LogP contribution in [-0.2, 0) is 23.8 Å². The van der Waals surface area contributed by atoms with Gasteiger partial charge in [-0.2, -0.15) is 0 Å². The average molecular weight is 917 g/mol. The second-order valence-electron chi connectivity index (χ2n) is 18.1. The lowest BCUT2D eigenvalue weighted by Crippen LogP contribution is -2.30. The van der Waals surface area contributed by atoms with E-state index in [1.807, 2.05) is 6.08 Å². The highest BCUT2D eigenvalue weighted by Crippen LogP contribution is 2.14. The first-order valence-corrected chi connectivity index (χ1v) is 27.8. The van der Waals surface area contributed by atoms with Crippen molar-refractivity contribution in [2.24, 2.45) is 0 Å². The van der Waals surface area contributed by atoms with Gasteiger partial charge >= 0.3 is 11.9 Å². The molecule has 0 aliphatic rings. The largest absolute Gasteiger partial charge is 0.462 e. The summed E-state index contributed by atoms with van der Waals surface area (Å²) in [7, 11) is 0. The van der Waals surface area contributed by atoms with E-state index in [1.54, 1.807) is 0 Å². The molecule has 0 N–H and O–H groups in total. The highest BCUT2D eigenvalue weighted by atomic mass is 16.6. The number of allylic oxidation sites excluding steroid dienone is 16. The van der Waals surface area contributed by atoms with Gasteiger partial charge in [-0.15, -0.1) is 0 Å². The SMILES string of the molecule is CC/C=C\C/C=C\C/C=C\C/C=C\CCC(=O)OC(COCCCCCCCCCC/C=C\C/C=C\CCCCC)COC(=O)CCCCCCCCCCC/C=C\C/C=C\CCCCC. The van der Waals surface area contributed by atoms with Crippen molar-refractivity contribution >= 4 is 11.9 Å². The van der Waals surface area contributed by atoms with Crippen LogP contribution in [0.25, 0.3) is 0 Å². The van der Waals surface area contributed by atoms with E-state index in [0.717, 1.165) is 70.6 Å². The number of hydrogen-bond acceptors (Lipinski definition) is 5. The quantitative estimate of drug-likeness (QED) is 0.0346. The predicted octanol–water partition coefficient (Wildman–Crippen LogP) is 19.0. The number of esters is 2. The van der Waals surface area contributed by atoms with Gasteiger partial charge in [0, 0.05) is 19.4 Å². The molecule has 0 spiro atoms. The van der Waals surface area contributed by atoms with Crippen LogP contribution in [0.3, 0.4) is 0 Å². The van der Waals surface area contributed by atoms with Crippen molar-refractivity contribution in [1.29, 1.82) is 0 Å². The minimum absolute atomic E-state index is 0.0481. The third kappa shape index (κ3) is 53.4. The van der Waals surface area contributed by atoms with Crippen molar-refractivity contribution in [1.82, 2.24) is 0 Å². The van der Waals surface area contributed by atoms with Gasteiger partial charge in [0.05, 0.1) is 6.61 Å². The van der Waals surface area contributed by atoms with Gasteiger partial charge < -0.3 is 14.2 Å². The summed E-state index contributed by atoms with van der Waals surface area (Å²) in [5.74, 6) is -0.498. The second kappa shape index (κ2) is 56.1. The highest BCUT2D eigenvalue weighted by molar-refractivity contribution is 5.70. The van der Waals surface area contributed by atoms with Gasteiger partial charge in [0.25, 0.3) is 0 Å². The van der Waals surface area contributed by atoms with Crippen LogP contribution in [0.2, 0.25) is 0 Å². The van der Waals surface area contributed by atoms with E-state index in [2.05, 4.69) is 112 Å². The zero-order valence-corrected chi connectivity index (χ0v) is 43.4. The summed E-state index contributed by atoms with van der Waals surface area (Å²) >= 11 is 0. The van der Waals surface area contributed by atoms with Crippen LogP contribution in [0.15, 0.2) is 97.2 Å².